The van der Waals surface area contributed by atoms with E-state index in [0.717, 1.165) is 6.42 Å². The smallest absolute Gasteiger partial charge is 0.0959 e. The molecule has 0 saturated carbocycles. The van der Waals surface area contributed by atoms with Crippen LogP contribution >= 0.6 is 0 Å². The fourth-order valence-electron chi connectivity index (χ4n) is 2.38. The third-order valence-corrected chi connectivity index (χ3v) is 3.36. The Morgan fingerprint density at radius 2 is 2.00 bits per heavy atom. The average Bonchev–Trinajstić information content (AvgIpc) is 2.19. The van der Waals surface area contributed by atoms with Gasteiger partial charge in [0.15, 0.2) is 0 Å². The molecule has 0 amide bonds. The van der Waals surface area contributed by atoms with E-state index in [1.807, 2.05) is 19.0 Å². The van der Waals surface area contributed by atoms with E-state index in [0.29, 0.717) is 12.3 Å². The Bertz CT molecular complexity index is 190. The first-order valence-electron chi connectivity index (χ1n) is 6.08. The summed E-state index contributed by atoms with van der Waals surface area (Å²) < 4.78 is 5.84. The van der Waals surface area contributed by atoms with Gasteiger partial charge in [0.2, 0.25) is 0 Å². The summed E-state index contributed by atoms with van der Waals surface area (Å²) in [6.07, 6.45) is 0.939. The Morgan fingerprint density at radius 3 is 2.44 bits per heavy atom. The van der Waals surface area contributed by atoms with Crippen LogP contribution in [0, 0.1) is 5.92 Å². The highest BCUT2D eigenvalue weighted by molar-refractivity contribution is 4.91. The summed E-state index contributed by atoms with van der Waals surface area (Å²) in [6, 6.07) is 0.123. The minimum Gasteiger partial charge on any atom is -0.396 e. The Hall–Kier alpha value is -0.160. The van der Waals surface area contributed by atoms with E-state index in [1.54, 1.807) is 0 Å². The number of nitrogens with zero attached hydrogens (tertiary/aromatic N) is 1. The van der Waals surface area contributed by atoms with Crippen LogP contribution in [0.15, 0.2) is 0 Å². The van der Waals surface area contributed by atoms with Crippen LogP contribution in [0.5, 0.6) is 0 Å². The Balaban J connectivity index is 2.71. The first-order chi connectivity index (χ1) is 7.47. The van der Waals surface area contributed by atoms with Crippen LogP contribution in [-0.2, 0) is 4.74 Å². The molecule has 0 aromatic rings. The first kappa shape index (κ1) is 13.9. The third-order valence-electron chi connectivity index (χ3n) is 3.36. The van der Waals surface area contributed by atoms with E-state index in [4.69, 9.17) is 9.84 Å². The second-order valence-corrected chi connectivity index (χ2v) is 5.24. The quantitative estimate of drug-likeness (QED) is 0.738. The number of likely N-dealkylation sites (N-methyl/N-ethyl adjacent to an activating group) is 1. The summed E-state index contributed by atoms with van der Waals surface area (Å²) in [6.45, 7) is 4.26. The minimum absolute atomic E-state index is 0.0631. The third kappa shape index (κ3) is 3.17. The zero-order chi connectivity index (χ0) is 12.3. The SMILES string of the molecule is CC(C)[C@@H]1O[C@H](CCO)C[C@H](N(C)C)[C@H]1O. The van der Waals surface area contributed by atoms with Crippen LogP contribution < -0.4 is 0 Å². The van der Waals surface area contributed by atoms with Crippen molar-refractivity contribution in [3.63, 3.8) is 0 Å². The predicted molar refractivity (Wildman–Crippen MR) is 63.3 cm³/mol. The van der Waals surface area contributed by atoms with Crippen molar-refractivity contribution in [2.24, 2.45) is 5.92 Å². The number of ether oxygens (including phenoxy) is 1. The monoisotopic (exact) mass is 231 g/mol. The molecule has 0 aliphatic carbocycles. The molecule has 0 aromatic carbocycles. The lowest BCUT2D eigenvalue weighted by atomic mass is 9.88. The number of hydrogen-bond acceptors (Lipinski definition) is 4. The van der Waals surface area contributed by atoms with Gasteiger partial charge in [-0.05, 0) is 32.9 Å². The van der Waals surface area contributed by atoms with Gasteiger partial charge in [0.25, 0.3) is 0 Å². The lowest BCUT2D eigenvalue weighted by molar-refractivity contribution is -0.166. The maximum absolute atomic E-state index is 10.2. The minimum atomic E-state index is -0.440. The van der Waals surface area contributed by atoms with E-state index in [2.05, 4.69) is 13.8 Å². The second kappa shape index (κ2) is 5.96. The number of aliphatic hydroxyl groups is 2. The van der Waals surface area contributed by atoms with Gasteiger partial charge in [0.1, 0.15) is 0 Å². The highest BCUT2D eigenvalue weighted by atomic mass is 16.5. The highest BCUT2D eigenvalue weighted by Crippen LogP contribution is 2.28. The summed E-state index contributed by atoms with van der Waals surface area (Å²) >= 11 is 0. The molecule has 1 aliphatic rings. The Morgan fingerprint density at radius 1 is 1.38 bits per heavy atom. The Labute approximate surface area is 98.2 Å². The summed E-state index contributed by atoms with van der Waals surface area (Å²) in [5.74, 6) is 0.291. The van der Waals surface area contributed by atoms with Gasteiger partial charge in [-0.2, -0.15) is 0 Å². The molecule has 16 heavy (non-hydrogen) atoms. The molecule has 96 valence electrons. The maximum Gasteiger partial charge on any atom is 0.0959 e. The molecule has 1 rings (SSSR count). The van der Waals surface area contributed by atoms with Crippen molar-refractivity contribution in [2.75, 3.05) is 20.7 Å². The van der Waals surface area contributed by atoms with Gasteiger partial charge in [-0.25, -0.2) is 0 Å². The highest BCUT2D eigenvalue weighted by Gasteiger charge is 2.39. The van der Waals surface area contributed by atoms with Crippen molar-refractivity contribution in [1.82, 2.24) is 4.90 Å². The van der Waals surface area contributed by atoms with Crippen LogP contribution in [0.25, 0.3) is 0 Å². The van der Waals surface area contributed by atoms with Crippen molar-refractivity contribution in [3.8, 4) is 0 Å². The molecule has 4 atom stereocenters. The fraction of sp³-hybridized carbons (Fsp3) is 1.00. The van der Waals surface area contributed by atoms with Gasteiger partial charge in [0, 0.05) is 12.6 Å². The lowest BCUT2D eigenvalue weighted by Crippen LogP contribution is -2.55. The summed E-state index contributed by atoms with van der Waals surface area (Å²) in [5.41, 5.74) is 0. The van der Waals surface area contributed by atoms with Gasteiger partial charge in [0.05, 0.1) is 18.3 Å². The molecular weight excluding hydrogens is 206 g/mol. The molecule has 0 unspecified atom stereocenters. The first-order valence-corrected chi connectivity index (χ1v) is 6.08. The van der Waals surface area contributed by atoms with E-state index < -0.39 is 6.10 Å². The van der Waals surface area contributed by atoms with Gasteiger partial charge >= 0.3 is 0 Å². The zero-order valence-electron chi connectivity index (χ0n) is 10.8. The summed E-state index contributed by atoms with van der Waals surface area (Å²) in [5, 5.41) is 19.2. The molecule has 0 aromatic heterocycles. The van der Waals surface area contributed by atoms with Gasteiger partial charge in [-0.15, -0.1) is 0 Å². The molecule has 1 aliphatic heterocycles. The topological polar surface area (TPSA) is 52.9 Å². The van der Waals surface area contributed by atoms with Crippen LogP contribution in [0.1, 0.15) is 26.7 Å². The molecule has 1 fully saturated rings. The molecule has 2 N–H and O–H groups in total. The van der Waals surface area contributed by atoms with E-state index in [9.17, 15) is 5.11 Å². The van der Waals surface area contributed by atoms with Crippen molar-refractivity contribution in [2.45, 2.75) is 51.0 Å². The molecule has 4 nitrogen and oxygen atoms in total. The second-order valence-electron chi connectivity index (χ2n) is 5.24. The van der Waals surface area contributed by atoms with Gasteiger partial charge in [-0.1, -0.05) is 13.8 Å². The van der Waals surface area contributed by atoms with Crippen LogP contribution in [0.2, 0.25) is 0 Å². The van der Waals surface area contributed by atoms with Gasteiger partial charge in [-0.3, -0.25) is 0 Å². The van der Waals surface area contributed by atoms with Gasteiger partial charge < -0.3 is 19.8 Å². The lowest BCUT2D eigenvalue weighted by Gasteiger charge is -2.43. The van der Waals surface area contributed by atoms with Crippen LogP contribution in [-0.4, -0.2) is 60.2 Å². The van der Waals surface area contributed by atoms with E-state index in [-0.39, 0.29) is 24.9 Å². The Kier molecular flexibility index (Phi) is 5.18. The maximum atomic E-state index is 10.2. The van der Waals surface area contributed by atoms with Crippen molar-refractivity contribution < 1.29 is 14.9 Å². The predicted octanol–water partition coefficient (Wildman–Crippen LogP) is 0.473. The molecule has 0 bridgehead atoms. The average molecular weight is 231 g/mol. The number of aliphatic hydroxyl groups excluding tert-OH is 2. The van der Waals surface area contributed by atoms with Crippen LogP contribution in [0.3, 0.4) is 0 Å². The molecule has 0 spiro atoms. The standard InChI is InChI=1S/C12H25NO3/c1-8(2)12-11(15)10(13(3)4)7-9(16-12)5-6-14/h8-12,14-15H,5-7H2,1-4H3/t9-,10+,11-,12+/m1/s1. The normalized spacial score (nSPS) is 36.0. The van der Waals surface area contributed by atoms with Crippen molar-refractivity contribution >= 4 is 0 Å². The van der Waals surface area contributed by atoms with E-state index in [1.165, 1.54) is 0 Å². The molecular formula is C12H25NO3. The van der Waals surface area contributed by atoms with E-state index >= 15 is 0 Å². The fourth-order valence-corrected chi connectivity index (χ4v) is 2.38. The molecule has 4 heteroatoms. The molecule has 0 radical (unpaired) electrons. The molecule has 1 saturated heterocycles. The van der Waals surface area contributed by atoms with Crippen LogP contribution in [0.4, 0.5) is 0 Å². The zero-order valence-corrected chi connectivity index (χ0v) is 10.8. The van der Waals surface area contributed by atoms with Crippen molar-refractivity contribution in [1.29, 1.82) is 0 Å². The number of rotatable bonds is 4. The van der Waals surface area contributed by atoms with Crippen molar-refractivity contribution in [3.05, 3.63) is 0 Å². The summed E-state index contributed by atoms with van der Waals surface area (Å²) in [4.78, 5) is 2.05. The number of hydrogen-bond donors (Lipinski definition) is 2. The molecule has 1 heterocycles. The largest absolute Gasteiger partial charge is 0.396 e. The summed E-state index contributed by atoms with van der Waals surface area (Å²) in [7, 11) is 3.96.